The van der Waals surface area contributed by atoms with Crippen LogP contribution in [-0.2, 0) is 12.6 Å². The third-order valence-electron chi connectivity index (χ3n) is 2.88. The second-order valence-electron chi connectivity index (χ2n) is 4.28. The van der Waals surface area contributed by atoms with Gasteiger partial charge < -0.3 is 5.21 Å². The minimum atomic E-state index is -4.34. The lowest BCUT2D eigenvalue weighted by molar-refractivity contribution is -0.137. The van der Waals surface area contributed by atoms with E-state index in [0.29, 0.717) is 11.3 Å². The van der Waals surface area contributed by atoms with E-state index in [1.807, 2.05) is 6.07 Å². The molecule has 0 spiro atoms. The Morgan fingerprint density at radius 3 is 2.05 bits per heavy atom. The van der Waals surface area contributed by atoms with Crippen LogP contribution in [0.2, 0.25) is 0 Å². The van der Waals surface area contributed by atoms with Crippen molar-refractivity contribution in [1.82, 2.24) is 0 Å². The van der Waals surface area contributed by atoms with Crippen molar-refractivity contribution < 1.29 is 18.4 Å². The van der Waals surface area contributed by atoms with Gasteiger partial charge in [0.05, 0.1) is 11.3 Å². The van der Waals surface area contributed by atoms with Crippen LogP contribution in [-0.4, -0.2) is 10.9 Å². The molecule has 0 unspecified atom stereocenters. The molecule has 5 heteroatoms. The summed E-state index contributed by atoms with van der Waals surface area (Å²) in [5.74, 6) is 0. The number of halogens is 3. The molecule has 0 amide bonds. The summed E-state index contributed by atoms with van der Waals surface area (Å²) in [5, 5.41) is 12.3. The molecule has 0 atom stereocenters. The normalized spacial score (nSPS) is 12.4. The van der Waals surface area contributed by atoms with Crippen molar-refractivity contribution >= 4 is 5.71 Å². The van der Waals surface area contributed by atoms with Gasteiger partial charge in [0.1, 0.15) is 0 Å². The molecule has 2 aromatic carbocycles. The Morgan fingerprint density at radius 2 is 1.55 bits per heavy atom. The van der Waals surface area contributed by atoms with Gasteiger partial charge in [-0.2, -0.15) is 13.2 Å². The van der Waals surface area contributed by atoms with Crippen LogP contribution in [0, 0.1) is 0 Å². The lowest BCUT2D eigenvalue weighted by Crippen LogP contribution is -2.07. The van der Waals surface area contributed by atoms with E-state index in [-0.39, 0.29) is 6.42 Å². The number of oxime groups is 1. The van der Waals surface area contributed by atoms with E-state index in [9.17, 15) is 13.2 Å². The van der Waals surface area contributed by atoms with Crippen molar-refractivity contribution in [2.24, 2.45) is 5.16 Å². The van der Waals surface area contributed by atoms with Crippen molar-refractivity contribution in [3.05, 3.63) is 71.3 Å². The molecular formula is C15H12F3NO. The van der Waals surface area contributed by atoms with Gasteiger partial charge in [0.15, 0.2) is 0 Å². The molecule has 0 fully saturated rings. The van der Waals surface area contributed by atoms with E-state index in [1.54, 1.807) is 24.3 Å². The number of benzene rings is 2. The molecule has 0 aliphatic carbocycles. The molecule has 0 aliphatic heterocycles. The zero-order chi connectivity index (χ0) is 14.6. The molecule has 20 heavy (non-hydrogen) atoms. The molecule has 0 saturated heterocycles. The lowest BCUT2D eigenvalue weighted by atomic mass is 10.0. The Hall–Kier alpha value is -2.30. The van der Waals surface area contributed by atoms with E-state index < -0.39 is 11.7 Å². The van der Waals surface area contributed by atoms with E-state index in [2.05, 4.69) is 5.16 Å². The monoisotopic (exact) mass is 279 g/mol. The van der Waals surface area contributed by atoms with Gasteiger partial charge in [-0.15, -0.1) is 0 Å². The molecule has 0 bridgehead atoms. The first-order valence-electron chi connectivity index (χ1n) is 5.93. The highest BCUT2D eigenvalue weighted by molar-refractivity contribution is 6.01. The van der Waals surface area contributed by atoms with Crippen molar-refractivity contribution in [3.8, 4) is 0 Å². The van der Waals surface area contributed by atoms with Crippen LogP contribution >= 0.6 is 0 Å². The number of rotatable bonds is 3. The second-order valence-corrected chi connectivity index (χ2v) is 4.28. The second kappa shape index (κ2) is 5.77. The van der Waals surface area contributed by atoms with Crippen molar-refractivity contribution in [1.29, 1.82) is 0 Å². The zero-order valence-electron chi connectivity index (χ0n) is 10.4. The quantitative estimate of drug-likeness (QED) is 0.511. The van der Waals surface area contributed by atoms with Crippen LogP contribution in [0.3, 0.4) is 0 Å². The molecule has 0 saturated carbocycles. The first-order chi connectivity index (χ1) is 9.50. The maximum absolute atomic E-state index is 12.4. The van der Waals surface area contributed by atoms with Gasteiger partial charge in [-0.1, -0.05) is 47.6 Å². The largest absolute Gasteiger partial charge is 0.416 e. The molecule has 2 rings (SSSR count). The van der Waals surface area contributed by atoms with E-state index in [0.717, 1.165) is 17.7 Å². The molecule has 1 N–H and O–H groups in total. The van der Waals surface area contributed by atoms with Crippen molar-refractivity contribution in [2.45, 2.75) is 12.6 Å². The van der Waals surface area contributed by atoms with Crippen LogP contribution < -0.4 is 0 Å². The van der Waals surface area contributed by atoms with E-state index >= 15 is 0 Å². The Balaban J connectivity index is 2.17. The Kier molecular flexibility index (Phi) is 4.08. The molecular weight excluding hydrogens is 267 g/mol. The highest BCUT2D eigenvalue weighted by Crippen LogP contribution is 2.29. The molecule has 2 nitrogen and oxygen atoms in total. The zero-order valence-corrected chi connectivity index (χ0v) is 10.4. The van der Waals surface area contributed by atoms with Crippen LogP contribution in [0.5, 0.6) is 0 Å². The van der Waals surface area contributed by atoms with Gasteiger partial charge in [0, 0.05) is 6.42 Å². The Morgan fingerprint density at radius 1 is 0.950 bits per heavy atom. The van der Waals surface area contributed by atoms with Crippen LogP contribution in [0.25, 0.3) is 0 Å². The summed E-state index contributed by atoms with van der Waals surface area (Å²) in [5.41, 5.74) is 1.10. The fourth-order valence-corrected chi connectivity index (χ4v) is 1.83. The predicted octanol–water partition coefficient (Wildman–Crippen LogP) is 4.13. The maximum Gasteiger partial charge on any atom is 0.416 e. The summed E-state index contributed by atoms with van der Waals surface area (Å²) >= 11 is 0. The highest BCUT2D eigenvalue weighted by atomic mass is 19.4. The summed E-state index contributed by atoms with van der Waals surface area (Å²) in [6.45, 7) is 0. The summed E-state index contributed by atoms with van der Waals surface area (Å²) in [7, 11) is 0. The lowest BCUT2D eigenvalue weighted by Gasteiger charge is -2.08. The average Bonchev–Trinajstić information content (AvgIpc) is 2.45. The van der Waals surface area contributed by atoms with Gasteiger partial charge >= 0.3 is 6.18 Å². The number of hydrogen-bond donors (Lipinski definition) is 1. The Bertz CT molecular complexity index is 589. The summed E-state index contributed by atoms with van der Waals surface area (Å²) < 4.78 is 37.3. The van der Waals surface area contributed by atoms with E-state index in [4.69, 9.17) is 5.21 Å². The molecule has 0 aromatic heterocycles. The smallest absolute Gasteiger partial charge is 0.411 e. The third kappa shape index (κ3) is 3.38. The first-order valence-corrected chi connectivity index (χ1v) is 5.93. The van der Waals surface area contributed by atoms with Crippen molar-refractivity contribution in [3.63, 3.8) is 0 Å². The van der Waals surface area contributed by atoms with Crippen LogP contribution in [0.15, 0.2) is 59.8 Å². The predicted molar refractivity (Wildman–Crippen MR) is 69.9 cm³/mol. The standard InChI is InChI=1S/C15H12F3NO/c16-15(17,18)13-8-6-11(7-9-13)10-14(19-20)12-4-2-1-3-5-12/h1-9,20H,10H2. The fraction of sp³-hybridized carbons (Fsp3) is 0.133. The van der Waals surface area contributed by atoms with Gasteiger partial charge in [0.2, 0.25) is 0 Å². The SMILES string of the molecule is ON=C(Cc1ccc(C(F)(F)F)cc1)c1ccccc1. The fourth-order valence-electron chi connectivity index (χ4n) is 1.83. The molecule has 104 valence electrons. The third-order valence-corrected chi connectivity index (χ3v) is 2.88. The first kappa shape index (κ1) is 14.1. The van der Waals surface area contributed by atoms with Crippen molar-refractivity contribution in [2.75, 3.05) is 0 Å². The Labute approximate surface area is 114 Å². The summed E-state index contributed by atoms with van der Waals surface area (Å²) in [6.07, 6.45) is -4.08. The molecule has 2 aromatic rings. The van der Waals surface area contributed by atoms with Gasteiger partial charge in [0.25, 0.3) is 0 Å². The maximum atomic E-state index is 12.4. The molecule has 0 heterocycles. The van der Waals surface area contributed by atoms with Gasteiger partial charge in [-0.05, 0) is 23.3 Å². The van der Waals surface area contributed by atoms with Gasteiger partial charge in [-0.3, -0.25) is 0 Å². The number of hydrogen-bond acceptors (Lipinski definition) is 2. The minimum Gasteiger partial charge on any atom is -0.411 e. The number of nitrogens with zero attached hydrogens (tertiary/aromatic N) is 1. The molecule has 0 aliphatic rings. The molecule has 0 radical (unpaired) electrons. The minimum absolute atomic E-state index is 0.263. The summed E-state index contributed by atoms with van der Waals surface area (Å²) in [6, 6.07) is 13.8. The highest BCUT2D eigenvalue weighted by Gasteiger charge is 2.29. The number of alkyl halides is 3. The topological polar surface area (TPSA) is 32.6 Å². The average molecular weight is 279 g/mol. The van der Waals surface area contributed by atoms with E-state index in [1.165, 1.54) is 12.1 Å². The van der Waals surface area contributed by atoms with Crippen LogP contribution in [0.4, 0.5) is 13.2 Å². The summed E-state index contributed by atoms with van der Waals surface area (Å²) in [4.78, 5) is 0. The van der Waals surface area contributed by atoms with Gasteiger partial charge in [-0.25, -0.2) is 0 Å². The van der Waals surface area contributed by atoms with Crippen LogP contribution in [0.1, 0.15) is 16.7 Å².